The van der Waals surface area contributed by atoms with Crippen LogP contribution in [0.1, 0.15) is 11.1 Å². The first-order chi connectivity index (χ1) is 6.65. The highest BCUT2D eigenvalue weighted by molar-refractivity contribution is 5.65. The lowest BCUT2D eigenvalue weighted by Crippen LogP contribution is -2.09. The third-order valence-electron chi connectivity index (χ3n) is 2.37. The Morgan fingerprint density at radius 1 is 1.14 bits per heavy atom. The van der Waals surface area contributed by atoms with E-state index in [0.29, 0.717) is 0 Å². The molecule has 0 heterocycles. The Labute approximate surface area is 84.0 Å². The van der Waals surface area contributed by atoms with Crippen LogP contribution < -0.4 is 20.7 Å². The number of nitrogens with two attached hydrogens (primary N) is 1. The summed E-state index contributed by atoms with van der Waals surface area (Å²) in [6.45, 7) is 3.95. The van der Waals surface area contributed by atoms with Gasteiger partial charge >= 0.3 is 0 Å². The fraction of sp³-hybridized carbons (Fsp3) is 0.400. The van der Waals surface area contributed by atoms with Crippen molar-refractivity contribution in [2.45, 2.75) is 13.8 Å². The van der Waals surface area contributed by atoms with Gasteiger partial charge in [0.05, 0.1) is 19.9 Å². The second kappa shape index (κ2) is 4.19. The van der Waals surface area contributed by atoms with E-state index in [2.05, 4.69) is 5.43 Å². The van der Waals surface area contributed by atoms with Gasteiger partial charge in [0.1, 0.15) is 11.5 Å². The number of benzene rings is 1. The highest BCUT2D eigenvalue weighted by Crippen LogP contribution is 2.36. The molecule has 0 aliphatic rings. The SMILES string of the molecule is COc1cc(NN)c(OC)c(C)c1C. The second-order valence-electron chi connectivity index (χ2n) is 3.05. The zero-order chi connectivity index (χ0) is 10.7. The Morgan fingerprint density at radius 2 is 1.79 bits per heavy atom. The molecule has 4 nitrogen and oxygen atoms in total. The molecule has 1 aromatic rings. The Morgan fingerprint density at radius 3 is 2.21 bits per heavy atom. The number of nitrogen functional groups attached to an aromatic ring is 1. The third-order valence-corrected chi connectivity index (χ3v) is 2.37. The first kappa shape index (κ1) is 10.7. The van der Waals surface area contributed by atoms with E-state index in [4.69, 9.17) is 15.3 Å². The Kier molecular flexibility index (Phi) is 3.19. The normalized spacial score (nSPS) is 9.79. The van der Waals surface area contributed by atoms with Gasteiger partial charge in [-0.15, -0.1) is 0 Å². The molecule has 0 fully saturated rings. The molecule has 1 aromatic carbocycles. The van der Waals surface area contributed by atoms with Gasteiger partial charge in [-0.05, 0) is 25.0 Å². The van der Waals surface area contributed by atoms with Gasteiger partial charge in [-0.1, -0.05) is 0 Å². The molecule has 0 spiro atoms. The molecule has 14 heavy (non-hydrogen) atoms. The molecule has 0 aromatic heterocycles. The lowest BCUT2D eigenvalue weighted by molar-refractivity contribution is 0.399. The van der Waals surface area contributed by atoms with Crippen LogP contribution in [0.2, 0.25) is 0 Å². The van der Waals surface area contributed by atoms with Crippen LogP contribution >= 0.6 is 0 Å². The summed E-state index contributed by atoms with van der Waals surface area (Å²) in [5.74, 6) is 6.94. The van der Waals surface area contributed by atoms with E-state index in [1.54, 1.807) is 14.2 Å². The van der Waals surface area contributed by atoms with E-state index < -0.39 is 0 Å². The van der Waals surface area contributed by atoms with Crippen molar-refractivity contribution in [1.29, 1.82) is 0 Å². The molecule has 0 saturated heterocycles. The summed E-state index contributed by atoms with van der Waals surface area (Å²) < 4.78 is 10.5. The number of methoxy groups -OCH3 is 2. The van der Waals surface area contributed by atoms with Crippen LogP contribution in [-0.2, 0) is 0 Å². The first-order valence-electron chi connectivity index (χ1n) is 4.34. The fourth-order valence-electron chi connectivity index (χ4n) is 1.44. The molecule has 78 valence electrons. The maximum absolute atomic E-state index is 5.38. The van der Waals surface area contributed by atoms with Crippen molar-refractivity contribution in [2.75, 3.05) is 19.6 Å². The lowest BCUT2D eigenvalue weighted by atomic mass is 10.1. The van der Waals surface area contributed by atoms with E-state index in [1.807, 2.05) is 19.9 Å². The lowest BCUT2D eigenvalue weighted by Gasteiger charge is -2.15. The molecule has 0 bridgehead atoms. The van der Waals surface area contributed by atoms with E-state index >= 15 is 0 Å². The zero-order valence-electron chi connectivity index (χ0n) is 8.97. The van der Waals surface area contributed by atoms with Gasteiger partial charge < -0.3 is 14.9 Å². The standard InChI is InChI=1S/C10H16N2O2/c1-6-7(2)10(14-4)8(12-11)5-9(6)13-3/h5,12H,11H2,1-4H3. The number of nitrogens with one attached hydrogen (secondary N) is 1. The third kappa shape index (κ3) is 1.61. The van der Waals surface area contributed by atoms with Crippen LogP contribution in [0.15, 0.2) is 6.07 Å². The summed E-state index contributed by atoms with van der Waals surface area (Å²) in [5.41, 5.74) is 5.40. The average Bonchev–Trinajstić information content (AvgIpc) is 2.21. The van der Waals surface area contributed by atoms with Crippen LogP contribution in [0.4, 0.5) is 5.69 Å². The highest BCUT2D eigenvalue weighted by Gasteiger charge is 2.12. The molecular formula is C10H16N2O2. The maximum Gasteiger partial charge on any atom is 0.146 e. The summed E-state index contributed by atoms with van der Waals surface area (Å²) in [4.78, 5) is 0. The van der Waals surface area contributed by atoms with Gasteiger partial charge in [-0.3, -0.25) is 5.84 Å². The van der Waals surface area contributed by atoms with Gasteiger partial charge in [0.2, 0.25) is 0 Å². The second-order valence-corrected chi connectivity index (χ2v) is 3.05. The molecule has 1 rings (SSSR count). The van der Waals surface area contributed by atoms with Gasteiger partial charge in [0, 0.05) is 6.07 Å². The monoisotopic (exact) mass is 196 g/mol. The molecular weight excluding hydrogens is 180 g/mol. The predicted molar refractivity (Wildman–Crippen MR) is 56.8 cm³/mol. The van der Waals surface area contributed by atoms with Crippen molar-refractivity contribution >= 4 is 5.69 Å². The molecule has 0 atom stereocenters. The molecule has 0 aliphatic carbocycles. The van der Waals surface area contributed by atoms with Crippen molar-refractivity contribution in [1.82, 2.24) is 0 Å². The number of hydrogen-bond donors (Lipinski definition) is 2. The van der Waals surface area contributed by atoms with Crippen molar-refractivity contribution in [2.24, 2.45) is 5.84 Å². The van der Waals surface area contributed by atoms with Crippen LogP contribution in [0.5, 0.6) is 11.5 Å². The Hall–Kier alpha value is -1.42. The average molecular weight is 196 g/mol. The Balaban J connectivity index is 3.38. The summed E-state index contributed by atoms with van der Waals surface area (Å²) in [6.07, 6.45) is 0. The number of ether oxygens (including phenoxy) is 2. The quantitative estimate of drug-likeness (QED) is 0.569. The molecule has 3 N–H and O–H groups in total. The van der Waals surface area contributed by atoms with E-state index in [-0.39, 0.29) is 0 Å². The number of hydrogen-bond acceptors (Lipinski definition) is 4. The van der Waals surface area contributed by atoms with Gasteiger partial charge in [-0.2, -0.15) is 0 Å². The van der Waals surface area contributed by atoms with E-state index in [9.17, 15) is 0 Å². The summed E-state index contributed by atoms with van der Waals surface area (Å²) >= 11 is 0. The molecule has 0 saturated carbocycles. The minimum absolute atomic E-state index is 0.729. The minimum atomic E-state index is 0.729. The first-order valence-corrected chi connectivity index (χ1v) is 4.34. The van der Waals surface area contributed by atoms with Crippen molar-refractivity contribution < 1.29 is 9.47 Å². The van der Waals surface area contributed by atoms with Crippen LogP contribution in [0, 0.1) is 13.8 Å². The number of rotatable bonds is 3. The Bertz CT molecular complexity index is 337. The van der Waals surface area contributed by atoms with Crippen LogP contribution in [0.25, 0.3) is 0 Å². The van der Waals surface area contributed by atoms with Crippen molar-refractivity contribution in [3.63, 3.8) is 0 Å². The fourth-order valence-corrected chi connectivity index (χ4v) is 1.44. The summed E-state index contributed by atoms with van der Waals surface area (Å²) in [6, 6.07) is 1.82. The topological polar surface area (TPSA) is 56.5 Å². The van der Waals surface area contributed by atoms with Gasteiger partial charge in [0.15, 0.2) is 0 Å². The maximum atomic E-state index is 5.38. The molecule has 0 unspecified atom stereocenters. The van der Waals surface area contributed by atoms with E-state index in [1.165, 1.54) is 0 Å². The molecule has 0 radical (unpaired) electrons. The number of anilines is 1. The zero-order valence-corrected chi connectivity index (χ0v) is 8.97. The molecule has 0 aliphatic heterocycles. The van der Waals surface area contributed by atoms with Crippen LogP contribution in [0.3, 0.4) is 0 Å². The molecule has 4 heteroatoms. The summed E-state index contributed by atoms with van der Waals surface area (Å²) in [5, 5.41) is 0. The minimum Gasteiger partial charge on any atom is -0.496 e. The smallest absolute Gasteiger partial charge is 0.146 e. The van der Waals surface area contributed by atoms with Crippen molar-refractivity contribution in [3.8, 4) is 11.5 Å². The van der Waals surface area contributed by atoms with Gasteiger partial charge in [-0.25, -0.2) is 0 Å². The largest absolute Gasteiger partial charge is 0.496 e. The highest BCUT2D eigenvalue weighted by atomic mass is 16.5. The number of hydrazine groups is 1. The van der Waals surface area contributed by atoms with Gasteiger partial charge in [0.25, 0.3) is 0 Å². The molecule has 0 amide bonds. The summed E-state index contributed by atoms with van der Waals surface area (Å²) in [7, 11) is 3.25. The van der Waals surface area contributed by atoms with Crippen molar-refractivity contribution in [3.05, 3.63) is 17.2 Å². The van der Waals surface area contributed by atoms with Crippen LogP contribution in [-0.4, -0.2) is 14.2 Å². The van der Waals surface area contributed by atoms with E-state index in [0.717, 1.165) is 28.3 Å². The predicted octanol–water partition coefficient (Wildman–Crippen LogP) is 1.61.